The summed E-state index contributed by atoms with van der Waals surface area (Å²) in [5.41, 5.74) is -0.343. The summed E-state index contributed by atoms with van der Waals surface area (Å²) < 4.78 is 0. The topological polar surface area (TPSA) is 90.5 Å². The molecule has 1 saturated heterocycles. The summed E-state index contributed by atoms with van der Waals surface area (Å²) in [5, 5.41) is 9.04. The summed E-state index contributed by atoms with van der Waals surface area (Å²) in [4.78, 5) is 38.1. The number of amides is 3. The zero-order valence-corrected chi connectivity index (χ0v) is 16.3. The number of carbonyl (C=O) groups is 3. The standard InChI is InChI=1S/C17H30N4O3S/c1-10(2)21(11(3)4)16(24)9-25-17-19-13(8-15(23)20-17)7-14(22)18-12-5-6-12/h10-13,17,19H,5-9H2,1-4H3,(H,18,22)(H,20,23). The van der Waals surface area contributed by atoms with E-state index in [1.54, 1.807) is 0 Å². The van der Waals surface area contributed by atoms with Crippen LogP contribution in [-0.4, -0.2) is 58.0 Å². The van der Waals surface area contributed by atoms with Crippen molar-refractivity contribution in [2.24, 2.45) is 0 Å². The van der Waals surface area contributed by atoms with Crippen molar-refractivity contribution in [1.82, 2.24) is 20.9 Å². The Balaban J connectivity index is 1.81. The molecule has 1 aliphatic carbocycles. The quantitative estimate of drug-likeness (QED) is 0.588. The fraction of sp³-hybridized carbons (Fsp3) is 0.824. The molecule has 8 heteroatoms. The average Bonchev–Trinajstić information content (AvgIpc) is 3.27. The predicted octanol–water partition coefficient (Wildman–Crippen LogP) is 0.795. The van der Waals surface area contributed by atoms with Crippen LogP contribution >= 0.6 is 11.8 Å². The van der Waals surface area contributed by atoms with Crippen LogP contribution in [0.15, 0.2) is 0 Å². The van der Waals surface area contributed by atoms with Gasteiger partial charge in [0.05, 0.1) is 5.75 Å². The van der Waals surface area contributed by atoms with Crippen molar-refractivity contribution < 1.29 is 14.4 Å². The summed E-state index contributed by atoms with van der Waals surface area (Å²) in [5.74, 6) is 0.243. The summed E-state index contributed by atoms with van der Waals surface area (Å²) in [6, 6.07) is 0.416. The molecule has 1 heterocycles. The lowest BCUT2D eigenvalue weighted by atomic mass is 10.1. The fourth-order valence-electron chi connectivity index (χ4n) is 3.10. The minimum Gasteiger partial charge on any atom is -0.353 e. The number of hydrogen-bond donors (Lipinski definition) is 3. The third-order valence-electron chi connectivity index (χ3n) is 4.26. The Labute approximate surface area is 154 Å². The lowest BCUT2D eigenvalue weighted by Gasteiger charge is -2.33. The lowest BCUT2D eigenvalue weighted by molar-refractivity contribution is -0.132. The van der Waals surface area contributed by atoms with E-state index >= 15 is 0 Å². The van der Waals surface area contributed by atoms with Crippen LogP contribution in [-0.2, 0) is 14.4 Å². The third-order valence-corrected chi connectivity index (χ3v) is 5.26. The number of nitrogens with one attached hydrogen (secondary N) is 3. The van der Waals surface area contributed by atoms with Crippen LogP contribution < -0.4 is 16.0 Å². The first-order valence-electron chi connectivity index (χ1n) is 9.03. The van der Waals surface area contributed by atoms with Crippen LogP contribution in [0.25, 0.3) is 0 Å². The number of rotatable bonds is 8. The Morgan fingerprint density at radius 1 is 1.24 bits per heavy atom. The van der Waals surface area contributed by atoms with Crippen LogP contribution in [0.1, 0.15) is 53.4 Å². The molecular formula is C17H30N4O3S. The molecule has 2 fully saturated rings. The fourth-order valence-corrected chi connectivity index (χ4v) is 4.07. The largest absolute Gasteiger partial charge is 0.353 e. The Morgan fingerprint density at radius 3 is 2.44 bits per heavy atom. The predicted molar refractivity (Wildman–Crippen MR) is 98.8 cm³/mol. The van der Waals surface area contributed by atoms with E-state index in [1.807, 2.05) is 32.6 Å². The maximum Gasteiger partial charge on any atom is 0.233 e. The van der Waals surface area contributed by atoms with Crippen LogP contribution in [0.5, 0.6) is 0 Å². The lowest BCUT2D eigenvalue weighted by Crippen LogP contribution is -2.56. The highest BCUT2D eigenvalue weighted by Crippen LogP contribution is 2.20. The minimum absolute atomic E-state index is 0.0136. The molecule has 1 saturated carbocycles. The molecule has 2 atom stereocenters. The summed E-state index contributed by atoms with van der Waals surface area (Å²) in [6.45, 7) is 7.99. The molecule has 142 valence electrons. The van der Waals surface area contributed by atoms with Gasteiger partial charge >= 0.3 is 0 Å². The van der Waals surface area contributed by atoms with Gasteiger partial charge in [-0.1, -0.05) is 0 Å². The third kappa shape index (κ3) is 6.51. The number of thioether (sulfide) groups is 1. The van der Waals surface area contributed by atoms with E-state index < -0.39 is 0 Å². The molecular weight excluding hydrogens is 340 g/mol. The van der Waals surface area contributed by atoms with Gasteiger partial charge in [0.2, 0.25) is 17.7 Å². The van der Waals surface area contributed by atoms with E-state index in [0.29, 0.717) is 12.5 Å². The minimum atomic E-state index is -0.343. The van der Waals surface area contributed by atoms with Gasteiger partial charge in [0.15, 0.2) is 0 Å². The Morgan fingerprint density at radius 2 is 1.88 bits per heavy atom. The molecule has 2 rings (SSSR count). The monoisotopic (exact) mass is 370 g/mol. The zero-order chi connectivity index (χ0) is 18.6. The van der Waals surface area contributed by atoms with Gasteiger partial charge in [0, 0.05) is 37.0 Å². The number of hydrogen-bond acceptors (Lipinski definition) is 5. The van der Waals surface area contributed by atoms with Crippen LogP contribution in [0.4, 0.5) is 0 Å². The molecule has 0 radical (unpaired) electrons. The first kappa shape index (κ1) is 20.0. The van der Waals surface area contributed by atoms with Gasteiger partial charge in [-0.15, -0.1) is 11.8 Å². The molecule has 3 amide bonds. The molecule has 0 aromatic carbocycles. The highest BCUT2D eigenvalue weighted by atomic mass is 32.2. The van der Waals surface area contributed by atoms with Gasteiger partial charge in [-0.3, -0.25) is 19.7 Å². The van der Waals surface area contributed by atoms with E-state index in [9.17, 15) is 14.4 Å². The summed E-state index contributed by atoms with van der Waals surface area (Å²) >= 11 is 1.36. The maximum absolute atomic E-state index is 12.4. The SMILES string of the molecule is CC(C)N(C(=O)CSC1NC(=O)CC(CC(=O)NC2CC2)N1)C(C)C. The van der Waals surface area contributed by atoms with E-state index in [2.05, 4.69) is 16.0 Å². The molecule has 3 N–H and O–H groups in total. The molecule has 25 heavy (non-hydrogen) atoms. The zero-order valence-electron chi connectivity index (χ0n) is 15.5. The Kier molecular flexibility index (Phi) is 7.13. The van der Waals surface area contributed by atoms with Gasteiger partial charge in [0.1, 0.15) is 5.50 Å². The smallest absolute Gasteiger partial charge is 0.233 e. The van der Waals surface area contributed by atoms with Crippen molar-refractivity contribution >= 4 is 29.5 Å². The number of carbonyl (C=O) groups excluding carboxylic acids is 3. The van der Waals surface area contributed by atoms with Gasteiger partial charge in [0.25, 0.3) is 0 Å². The normalized spacial score (nSPS) is 23.5. The van der Waals surface area contributed by atoms with Gasteiger partial charge in [-0.2, -0.15) is 0 Å². The summed E-state index contributed by atoms with van der Waals surface area (Å²) in [7, 11) is 0. The van der Waals surface area contributed by atoms with E-state index in [0.717, 1.165) is 12.8 Å². The summed E-state index contributed by atoms with van der Waals surface area (Å²) in [6.07, 6.45) is 2.67. The average molecular weight is 371 g/mol. The first-order valence-corrected chi connectivity index (χ1v) is 10.1. The van der Waals surface area contributed by atoms with Crippen molar-refractivity contribution in [2.75, 3.05) is 5.75 Å². The van der Waals surface area contributed by atoms with Crippen molar-refractivity contribution in [3.8, 4) is 0 Å². The maximum atomic E-state index is 12.4. The molecule has 1 aliphatic heterocycles. The Hall–Kier alpha value is -1.28. The number of nitrogens with zero attached hydrogens (tertiary/aromatic N) is 1. The second-order valence-corrected chi connectivity index (χ2v) is 8.45. The molecule has 0 spiro atoms. The molecule has 7 nitrogen and oxygen atoms in total. The van der Waals surface area contributed by atoms with E-state index in [4.69, 9.17) is 0 Å². The molecule has 0 bridgehead atoms. The van der Waals surface area contributed by atoms with Crippen molar-refractivity contribution in [3.63, 3.8) is 0 Å². The highest BCUT2D eigenvalue weighted by molar-refractivity contribution is 8.00. The van der Waals surface area contributed by atoms with Crippen molar-refractivity contribution in [2.45, 2.75) is 83.0 Å². The molecule has 2 aliphatic rings. The second-order valence-electron chi connectivity index (χ2n) is 7.36. The van der Waals surface area contributed by atoms with Crippen LogP contribution in [0.3, 0.4) is 0 Å². The molecule has 2 unspecified atom stereocenters. The van der Waals surface area contributed by atoms with E-state index in [1.165, 1.54) is 11.8 Å². The first-order chi connectivity index (χ1) is 11.8. The van der Waals surface area contributed by atoms with Crippen LogP contribution in [0, 0.1) is 0 Å². The van der Waals surface area contributed by atoms with E-state index in [-0.39, 0.29) is 53.5 Å². The van der Waals surface area contributed by atoms with Crippen molar-refractivity contribution in [3.05, 3.63) is 0 Å². The van der Waals surface area contributed by atoms with Crippen LogP contribution in [0.2, 0.25) is 0 Å². The van der Waals surface area contributed by atoms with Gasteiger partial charge < -0.3 is 15.5 Å². The molecule has 0 aromatic rings. The Bertz CT molecular complexity index is 500. The van der Waals surface area contributed by atoms with Gasteiger partial charge in [-0.05, 0) is 40.5 Å². The second kappa shape index (κ2) is 8.89. The highest BCUT2D eigenvalue weighted by Gasteiger charge is 2.30. The van der Waals surface area contributed by atoms with Gasteiger partial charge in [-0.25, -0.2) is 0 Å². The molecule has 0 aromatic heterocycles. The van der Waals surface area contributed by atoms with Crippen molar-refractivity contribution in [1.29, 1.82) is 0 Å².